The highest BCUT2D eigenvalue weighted by molar-refractivity contribution is 7.87. The molecule has 2 aromatic rings. The zero-order valence-corrected chi connectivity index (χ0v) is 11.2. The van der Waals surface area contributed by atoms with Crippen LogP contribution in [-0.4, -0.2) is 8.42 Å². The lowest BCUT2D eigenvalue weighted by atomic mass is 10.2. The quantitative estimate of drug-likeness (QED) is 0.810. The Bertz CT molecular complexity index is 651. The Labute approximate surface area is 111 Å². The van der Waals surface area contributed by atoms with Crippen LogP contribution in [0.1, 0.15) is 5.56 Å². The van der Waals surface area contributed by atoms with Gasteiger partial charge >= 0.3 is 10.1 Å². The average Bonchev–Trinajstić information content (AvgIpc) is 2.35. The van der Waals surface area contributed by atoms with Gasteiger partial charge in [0.15, 0.2) is 0 Å². The summed E-state index contributed by atoms with van der Waals surface area (Å²) in [5, 5.41) is 0.569. The minimum absolute atomic E-state index is 0.123. The van der Waals surface area contributed by atoms with Crippen molar-refractivity contribution < 1.29 is 12.6 Å². The Morgan fingerprint density at radius 1 is 1.06 bits per heavy atom. The van der Waals surface area contributed by atoms with Gasteiger partial charge < -0.3 is 4.18 Å². The number of halogens is 1. The maximum atomic E-state index is 11.9. The lowest BCUT2D eigenvalue weighted by Gasteiger charge is -2.08. The molecular formula is C13H11ClO3S. The predicted molar refractivity (Wildman–Crippen MR) is 70.4 cm³/mol. The summed E-state index contributed by atoms with van der Waals surface area (Å²) in [6.07, 6.45) is 0. The number of hydrogen-bond donors (Lipinski definition) is 0. The first-order valence-electron chi connectivity index (χ1n) is 5.25. The Morgan fingerprint density at radius 2 is 1.72 bits per heavy atom. The third-order valence-corrected chi connectivity index (χ3v) is 4.05. The van der Waals surface area contributed by atoms with Crippen LogP contribution in [0.4, 0.5) is 0 Å². The van der Waals surface area contributed by atoms with Crippen LogP contribution in [0.3, 0.4) is 0 Å². The molecule has 3 nitrogen and oxygen atoms in total. The number of benzene rings is 2. The van der Waals surface area contributed by atoms with Gasteiger partial charge in [-0.2, -0.15) is 8.42 Å². The van der Waals surface area contributed by atoms with Crippen LogP contribution in [0.15, 0.2) is 53.4 Å². The molecule has 0 bridgehead atoms. The van der Waals surface area contributed by atoms with Crippen molar-refractivity contribution >= 4 is 21.7 Å². The van der Waals surface area contributed by atoms with Crippen LogP contribution in [-0.2, 0) is 10.1 Å². The van der Waals surface area contributed by atoms with Gasteiger partial charge in [-0.1, -0.05) is 29.8 Å². The minimum atomic E-state index is -3.79. The highest BCUT2D eigenvalue weighted by Gasteiger charge is 2.16. The summed E-state index contributed by atoms with van der Waals surface area (Å²) in [5.41, 5.74) is 0.762. The van der Waals surface area contributed by atoms with Gasteiger partial charge in [0.05, 0.1) is 0 Å². The molecule has 0 aliphatic carbocycles. The molecule has 94 valence electrons. The minimum Gasteiger partial charge on any atom is -0.379 e. The molecule has 2 aromatic carbocycles. The highest BCUT2D eigenvalue weighted by Crippen LogP contribution is 2.24. The van der Waals surface area contributed by atoms with Crippen molar-refractivity contribution in [1.29, 1.82) is 0 Å². The molecule has 0 radical (unpaired) electrons. The standard InChI is InChI=1S/C13H11ClO3S/c1-10-9-11(7-8-13(10)14)17-18(15,16)12-5-3-2-4-6-12/h2-9H,1H3. The monoisotopic (exact) mass is 282 g/mol. The first-order valence-corrected chi connectivity index (χ1v) is 7.03. The lowest BCUT2D eigenvalue weighted by molar-refractivity contribution is 0.486. The molecule has 0 unspecified atom stereocenters. The lowest BCUT2D eigenvalue weighted by Crippen LogP contribution is -2.09. The van der Waals surface area contributed by atoms with Crippen LogP contribution >= 0.6 is 11.6 Å². The molecule has 0 aliphatic heterocycles. The van der Waals surface area contributed by atoms with E-state index < -0.39 is 10.1 Å². The fraction of sp³-hybridized carbons (Fsp3) is 0.0769. The van der Waals surface area contributed by atoms with Crippen molar-refractivity contribution in [2.45, 2.75) is 11.8 Å². The maximum absolute atomic E-state index is 11.9. The van der Waals surface area contributed by atoms with Crippen LogP contribution in [0.2, 0.25) is 5.02 Å². The zero-order valence-electron chi connectivity index (χ0n) is 9.63. The van der Waals surface area contributed by atoms with Crippen molar-refractivity contribution in [2.75, 3.05) is 0 Å². The Kier molecular flexibility index (Phi) is 3.59. The average molecular weight is 283 g/mol. The van der Waals surface area contributed by atoms with Crippen molar-refractivity contribution in [1.82, 2.24) is 0 Å². The topological polar surface area (TPSA) is 43.4 Å². The summed E-state index contributed by atoms with van der Waals surface area (Å²) in [6.45, 7) is 1.78. The zero-order chi connectivity index (χ0) is 13.2. The normalized spacial score (nSPS) is 11.2. The summed E-state index contributed by atoms with van der Waals surface area (Å²) in [6, 6.07) is 12.7. The molecule has 5 heteroatoms. The third-order valence-electron chi connectivity index (χ3n) is 2.37. The summed E-state index contributed by atoms with van der Waals surface area (Å²) in [4.78, 5) is 0.123. The van der Waals surface area contributed by atoms with E-state index in [0.29, 0.717) is 5.02 Å². The van der Waals surface area contributed by atoms with Crippen LogP contribution in [0.5, 0.6) is 5.75 Å². The van der Waals surface area contributed by atoms with E-state index in [1.807, 2.05) is 0 Å². The molecule has 18 heavy (non-hydrogen) atoms. The largest absolute Gasteiger partial charge is 0.379 e. The highest BCUT2D eigenvalue weighted by atomic mass is 35.5. The molecule has 0 atom stereocenters. The number of rotatable bonds is 3. The van der Waals surface area contributed by atoms with E-state index in [1.165, 1.54) is 18.2 Å². The molecule has 0 aliphatic rings. The van der Waals surface area contributed by atoms with Gasteiger partial charge in [-0.25, -0.2) is 0 Å². The van der Waals surface area contributed by atoms with Gasteiger partial charge in [-0.15, -0.1) is 0 Å². The molecule has 0 aromatic heterocycles. The SMILES string of the molecule is Cc1cc(OS(=O)(=O)c2ccccc2)ccc1Cl. The second kappa shape index (κ2) is 5.00. The maximum Gasteiger partial charge on any atom is 0.339 e. The fourth-order valence-corrected chi connectivity index (χ4v) is 2.49. The number of hydrogen-bond acceptors (Lipinski definition) is 3. The Hall–Kier alpha value is -1.52. The summed E-state index contributed by atoms with van der Waals surface area (Å²) in [5.74, 6) is 0.251. The van der Waals surface area contributed by atoms with E-state index >= 15 is 0 Å². The summed E-state index contributed by atoms with van der Waals surface area (Å²) < 4.78 is 28.9. The molecule has 0 heterocycles. The predicted octanol–water partition coefficient (Wildman–Crippen LogP) is 3.42. The van der Waals surface area contributed by atoms with Gasteiger partial charge in [-0.3, -0.25) is 0 Å². The Balaban J connectivity index is 2.31. The first-order chi connectivity index (χ1) is 8.49. The molecular weight excluding hydrogens is 272 g/mol. The van der Waals surface area contributed by atoms with Gasteiger partial charge in [0, 0.05) is 5.02 Å². The first kappa shape index (κ1) is 12.9. The van der Waals surface area contributed by atoms with E-state index in [1.54, 1.807) is 37.3 Å². The van der Waals surface area contributed by atoms with Crippen LogP contribution < -0.4 is 4.18 Å². The van der Waals surface area contributed by atoms with E-state index in [-0.39, 0.29) is 10.6 Å². The molecule has 2 rings (SSSR count). The smallest absolute Gasteiger partial charge is 0.339 e. The van der Waals surface area contributed by atoms with Crippen molar-refractivity contribution in [3.8, 4) is 5.75 Å². The van der Waals surface area contributed by atoms with Crippen molar-refractivity contribution in [2.24, 2.45) is 0 Å². The summed E-state index contributed by atoms with van der Waals surface area (Å²) >= 11 is 5.86. The van der Waals surface area contributed by atoms with Gasteiger partial charge in [0.2, 0.25) is 0 Å². The van der Waals surface area contributed by atoms with Crippen LogP contribution in [0, 0.1) is 6.92 Å². The molecule has 0 fully saturated rings. The van der Waals surface area contributed by atoms with Gasteiger partial charge in [0.25, 0.3) is 0 Å². The van der Waals surface area contributed by atoms with Gasteiger partial charge in [0.1, 0.15) is 10.6 Å². The Morgan fingerprint density at radius 3 is 2.33 bits per heavy atom. The van der Waals surface area contributed by atoms with E-state index in [4.69, 9.17) is 15.8 Å². The van der Waals surface area contributed by atoms with Crippen molar-refractivity contribution in [3.05, 3.63) is 59.1 Å². The van der Waals surface area contributed by atoms with Crippen molar-refractivity contribution in [3.63, 3.8) is 0 Å². The van der Waals surface area contributed by atoms with E-state index in [0.717, 1.165) is 5.56 Å². The third kappa shape index (κ3) is 2.83. The molecule has 0 N–H and O–H groups in total. The molecule has 0 amide bonds. The summed E-state index contributed by atoms with van der Waals surface area (Å²) in [7, 11) is -3.79. The molecule has 0 spiro atoms. The molecule has 0 saturated carbocycles. The molecule has 0 saturated heterocycles. The second-order valence-corrected chi connectivity index (χ2v) is 5.72. The second-order valence-electron chi connectivity index (χ2n) is 3.76. The number of aryl methyl sites for hydroxylation is 1. The fourth-order valence-electron chi connectivity index (χ4n) is 1.43. The van der Waals surface area contributed by atoms with Gasteiger partial charge in [-0.05, 0) is 42.8 Å². The van der Waals surface area contributed by atoms with Crippen LogP contribution in [0.25, 0.3) is 0 Å². The van der Waals surface area contributed by atoms with E-state index in [2.05, 4.69) is 0 Å². The van der Waals surface area contributed by atoms with E-state index in [9.17, 15) is 8.42 Å².